The summed E-state index contributed by atoms with van der Waals surface area (Å²) in [5.41, 5.74) is 7.54. The van der Waals surface area contributed by atoms with Crippen LogP contribution in [0.15, 0.2) is 66.6 Å². The Hall–Kier alpha value is -2.29. The maximum atomic E-state index is 5.75. The lowest BCUT2D eigenvalue weighted by atomic mass is 10.2. The molecule has 2 rings (SSSR count). The van der Waals surface area contributed by atoms with E-state index in [0.717, 1.165) is 11.4 Å². The van der Waals surface area contributed by atoms with Crippen LogP contribution in [0.2, 0.25) is 0 Å². The van der Waals surface area contributed by atoms with Crippen LogP contribution >= 0.6 is 0 Å². The third-order valence-corrected chi connectivity index (χ3v) is 2.11. The summed E-state index contributed by atoms with van der Waals surface area (Å²) in [6, 6.07) is 3.75. The molecule has 0 fully saturated rings. The van der Waals surface area contributed by atoms with E-state index >= 15 is 0 Å². The molecule has 16 heavy (non-hydrogen) atoms. The van der Waals surface area contributed by atoms with Gasteiger partial charge in [0.25, 0.3) is 0 Å². The van der Waals surface area contributed by atoms with Gasteiger partial charge in [-0.3, -0.25) is 0 Å². The molecular weight excluding hydrogens is 198 g/mol. The number of pyridine rings is 1. The first-order valence-corrected chi connectivity index (χ1v) is 5.05. The van der Waals surface area contributed by atoms with Gasteiger partial charge < -0.3 is 11.1 Å². The Morgan fingerprint density at radius 1 is 1.06 bits per heavy atom. The molecule has 1 aromatic rings. The van der Waals surface area contributed by atoms with Crippen molar-refractivity contribution in [3.63, 3.8) is 0 Å². The second-order valence-electron chi connectivity index (χ2n) is 3.31. The summed E-state index contributed by atoms with van der Waals surface area (Å²) >= 11 is 0. The molecule has 3 heteroatoms. The van der Waals surface area contributed by atoms with Crippen molar-refractivity contribution in [2.45, 2.75) is 0 Å². The highest BCUT2D eigenvalue weighted by Crippen LogP contribution is 2.16. The Kier molecular flexibility index (Phi) is 3.18. The molecule has 1 aliphatic rings. The quantitative estimate of drug-likeness (QED) is 0.790. The molecule has 80 valence electrons. The minimum absolute atomic E-state index is 0.499. The van der Waals surface area contributed by atoms with E-state index in [1.807, 2.05) is 54.7 Å². The summed E-state index contributed by atoms with van der Waals surface area (Å²) in [4.78, 5) is 4.02. The summed E-state index contributed by atoms with van der Waals surface area (Å²) in [6.45, 7) is 0. The van der Waals surface area contributed by atoms with E-state index < -0.39 is 0 Å². The summed E-state index contributed by atoms with van der Waals surface area (Å²) in [5, 5.41) is 3.22. The largest absolute Gasteiger partial charge is 0.382 e. The van der Waals surface area contributed by atoms with Crippen LogP contribution in [0.1, 0.15) is 0 Å². The summed E-state index contributed by atoms with van der Waals surface area (Å²) < 4.78 is 0. The molecule has 1 aromatic heterocycles. The molecule has 0 saturated heterocycles. The fourth-order valence-corrected chi connectivity index (χ4v) is 1.33. The zero-order valence-electron chi connectivity index (χ0n) is 8.80. The predicted octanol–water partition coefficient (Wildman–Crippen LogP) is 2.64. The van der Waals surface area contributed by atoms with Crippen molar-refractivity contribution in [3.05, 3.63) is 66.6 Å². The maximum absolute atomic E-state index is 5.75. The van der Waals surface area contributed by atoms with E-state index in [0.29, 0.717) is 5.82 Å². The topological polar surface area (TPSA) is 50.9 Å². The van der Waals surface area contributed by atoms with Gasteiger partial charge in [-0.05, 0) is 24.3 Å². The SMILES string of the molecule is Nc1ncccc1NC1=C/C=C\C=C/C=C\1. The van der Waals surface area contributed by atoms with Crippen molar-refractivity contribution >= 4 is 11.5 Å². The van der Waals surface area contributed by atoms with Crippen molar-refractivity contribution in [3.8, 4) is 0 Å². The molecule has 0 atom stereocenters. The first-order valence-electron chi connectivity index (χ1n) is 5.05. The van der Waals surface area contributed by atoms with Crippen molar-refractivity contribution < 1.29 is 0 Å². The average Bonchev–Trinajstić information content (AvgIpc) is 2.24. The summed E-state index contributed by atoms with van der Waals surface area (Å²) in [5.74, 6) is 0.499. The van der Waals surface area contributed by atoms with Gasteiger partial charge in [0.15, 0.2) is 0 Å². The minimum Gasteiger partial charge on any atom is -0.382 e. The van der Waals surface area contributed by atoms with Crippen molar-refractivity contribution in [2.75, 3.05) is 11.1 Å². The van der Waals surface area contributed by atoms with Crippen LogP contribution in [0.25, 0.3) is 0 Å². The molecule has 0 unspecified atom stereocenters. The number of allylic oxidation sites excluding steroid dienone is 7. The van der Waals surface area contributed by atoms with Crippen LogP contribution in [0.3, 0.4) is 0 Å². The van der Waals surface area contributed by atoms with Crippen molar-refractivity contribution in [2.24, 2.45) is 0 Å². The second kappa shape index (κ2) is 4.98. The molecule has 0 amide bonds. The molecule has 0 spiro atoms. The number of hydrogen-bond donors (Lipinski definition) is 2. The smallest absolute Gasteiger partial charge is 0.147 e. The first kappa shape index (κ1) is 10.2. The van der Waals surface area contributed by atoms with Gasteiger partial charge in [0.05, 0.1) is 5.69 Å². The lowest BCUT2D eigenvalue weighted by Gasteiger charge is -2.08. The highest BCUT2D eigenvalue weighted by atomic mass is 15.0. The molecule has 1 aliphatic carbocycles. The number of nitrogens with one attached hydrogen (secondary N) is 1. The van der Waals surface area contributed by atoms with Gasteiger partial charge in [0, 0.05) is 11.9 Å². The van der Waals surface area contributed by atoms with E-state index in [4.69, 9.17) is 5.73 Å². The fourth-order valence-electron chi connectivity index (χ4n) is 1.33. The fraction of sp³-hybridized carbons (Fsp3) is 0. The van der Waals surface area contributed by atoms with Crippen LogP contribution in [0, 0.1) is 0 Å². The van der Waals surface area contributed by atoms with Gasteiger partial charge in [-0.1, -0.05) is 30.4 Å². The van der Waals surface area contributed by atoms with Crippen molar-refractivity contribution in [1.29, 1.82) is 0 Å². The van der Waals surface area contributed by atoms with Crippen molar-refractivity contribution in [1.82, 2.24) is 4.98 Å². The molecule has 0 radical (unpaired) electrons. The number of nitrogens with zero attached hydrogens (tertiary/aromatic N) is 1. The first-order chi connectivity index (χ1) is 7.86. The van der Waals surface area contributed by atoms with Gasteiger partial charge >= 0.3 is 0 Å². The van der Waals surface area contributed by atoms with Crippen LogP contribution in [-0.4, -0.2) is 4.98 Å². The average molecular weight is 211 g/mol. The van der Waals surface area contributed by atoms with Gasteiger partial charge in [-0.15, -0.1) is 0 Å². The number of hydrogen-bond acceptors (Lipinski definition) is 3. The Bertz CT molecular complexity index is 482. The maximum Gasteiger partial charge on any atom is 0.147 e. The standard InChI is InChI=1S/C13H13N3/c14-13-12(9-6-10-15-13)16-11-7-4-2-1-3-5-8-11/h1-10,16H,(H2,14,15)/b2-1-,3-1?,4-2?,5-3-,7-4-,8-5?,11-7?,11-8+. The number of aromatic nitrogens is 1. The Morgan fingerprint density at radius 3 is 2.75 bits per heavy atom. The molecule has 0 aromatic carbocycles. The zero-order chi connectivity index (χ0) is 11.2. The van der Waals surface area contributed by atoms with E-state index in [1.54, 1.807) is 6.20 Å². The summed E-state index contributed by atoms with van der Waals surface area (Å²) in [6.07, 6.45) is 15.5. The number of rotatable bonds is 2. The highest BCUT2D eigenvalue weighted by molar-refractivity contribution is 5.65. The molecule has 0 bridgehead atoms. The summed E-state index contributed by atoms with van der Waals surface area (Å²) in [7, 11) is 0. The van der Waals surface area contributed by atoms with Gasteiger partial charge in [0.1, 0.15) is 5.82 Å². The van der Waals surface area contributed by atoms with E-state index in [2.05, 4.69) is 10.3 Å². The van der Waals surface area contributed by atoms with Crippen LogP contribution in [0.4, 0.5) is 11.5 Å². The van der Waals surface area contributed by atoms with Gasteiger partial charge in [-0.2, -0.15) is 0 Å². The normalized spacial score (nSPS) is 23.4. The van der Waals surface area contributed by atoms with E-state index in [-0.39, 0.29) is 0 Å². The zero-order valence-corrected chi connectivity index (χ0v) is 8.80. The molecule has 1 heterocycles. The Balaban J connectivity index is 2.19. The third-order valence-electron chi connectivity index (χ3n) is 2.11. The molecule has 0 saturated carbocycles. The second-order valence-corrected chi connectivity index (χ2v) is 3.31. The Labute approximate surface area is 94.7 Å². The number of nitrogen functional groups attached to an aromatic ring is 1. The highest BCUT2D eigenvalue weighted by Gasteiger charge is 1.99. The van der Waals surface area contributed by atoms with E-state index in [1.165, 1.54) is 0 Å². The number of nitrogens with two attached hydrogens (primary N) is 1. The van der Waals surface area contributed by atoms with Gasteiger partial charge in [0.2, 0.25) is 0 Å². The molecule has 3 nitrogen and oxygen atoms in total. The van der Waals surface area contributed by atoms with Crippen LogP contribution < -0.4 is 11.1 Å². The minimum atomic E-state index is 0.499. The number of anilines is 2. The van der Waals surface area contributed by atoms with Crippen LogP contribution in [0.5, 0.6) is 0 Å². The van der Waals surface area contributed by atoms with E-state index in [9.17, 15) is 0 Å². The van der Waals surface area contributed by atoms with Gasteiger partial charge in [-0.25, -0.2) is 4.98 Å². The monoisotopic (exact) mass is 211 g/mol. The van der Waals surface area contributed by atoms with Crippen LogP contribution in [-0.2, 0) is 0 Å². The molecule has 0 aliphatic heterocycles. The third kappa shape index (κ3) is 2.60. The lowest BCUT2D eigenvalue weighted by molar-refractivity contribution is 1.32. The predicted molar refractivity (Wildman–Crippen MR) is 67.8 cm³/mol. The molecule has 3 N–H and O–H groups in total. The molecular formula is C13H13N3. The lowest BCUT2D eigenvalue weighted by Crippen LogP contribution is -2.01. The Morgan fingerprint density at radius 2 is 1.88 bits per heavy atom.